The Morgan fingerprint density at radius 1 is 0.808 bits per heavy atom. The molecule has 10 heteroatoms. The van der Waals surface area contributed by atoms with Crippen LogP contribution in [-0.2, 0) is 19.7 Å². The number of hydrogen-bond acceptors (Lipinski definition) is 4. The largest absolute Gasteiger partial charge is 0.481 e. The van der Waals surface area contributed by atoms with Crippen LogP contribution < -0.4 is 0 Å². The maximum Gasteiger partial charge on any atom is 0.328 e. The quantitative estimate of drug-likeness (QED) is 0.214. The van der Waals surface area contributed by atoms with Gasteiger partial charge in [-0.05, 0) is 6.42 Å². The molecule has 3 N–H and O–H groups in total. The van der Waals surface area contributed by atoms with Crippen LogP contribution in [0.15, 0.2) is 0 Å². The number of hydrogen-bond donors (Lipinski definition) is 3. The fourth-order valence-corrected chi connectivity index (χ4v) is 3.67. The molecule has 1 unspecified atom stereocenters. The van der Waals surface area contributed by atoms with E-state index in [0.717, 1.165) is 25.7 Å². The molecule has 0 heterocycles. The molecule has 0 aliphatic rings. The molecular formula is C16H30Na2O7S. The van der Waals surface area contributed by atoms with Gasteiger partial charge in [0, 0.05) is 59.1 Å². The van der Waals surface area contributed by atoms with Gasteiger partial charge in [0.15, 0.2) is 0 Å². The van der Waals surface area contributed by atoms with Gasteiger partial charge < -0.3 is 10.2 Å². The third kappa shape index (κ3) is 12.3. The predicted molar refractivity (Wildman–Crippen MR) is 102 cm³/mol. The first-order valence-electron chi connectivity index (χ1n) is 8.59. The van der Waals surface area contributed by atoms with Crippen molar-refractivity contribution in [1.29, 1.82) is 0 Å². The fraction of sp³-hybridized carbons (Fsp3) is 0.875. The van der Waals surface area contributed by atoms with E-state index in [-0.39, 0.29) is 65.5 Å². The zero-order valence-electron chi connectivity index (χ0n) is 16.4. The first kappa shape index (κ1) is 31.5. The van der Waals surface area contributed by atoms with Crippen LogP contribution >= 0.6 is 0 Å². The van der Waals surface area contributed by atoms with Crippen LogP contribution in [0.2, 0.25) is 0 Å². The van der Waals surface area contributed by atoms with Gasteiger partial charge in [-0.15, -0.1) is 0 Å². The number of carbonyl (C=O) groups is 2. The summed E-state index contributed by atoms with van der Waals surface area (Å²) in [7, 11) is -5.01. The average molecular weight is 412 g/mol. The van der Waals surface area contributed by atoms with Crippen molar-refractivity contribution in [1.82, 2.24) is 0 Å². The van der Waals surface area contributed by atoms with E-state index >= 15 is 0 Å². The molecular weight excluding hydrogens is 382 g/mol. The SMILES string of the molecule is CCCCCCCCCCCCC(CC(=O)O)(C(=O)O)S(=O)(=O)O.[Na].[Na]. The van der Waals surface area contributed by atoms with Crippen molar-refractivity contribution in [3.05, 3.63) is 0 Å². The van der Waals surface area contributed by atoms with E-state index in [9.17, 15) is 22.6 Å². The second kappa shape index (κ2) is 16.8. The van der Waals surface area contributed by atoms with E-state index in [1.165, 1.54) is 25.7 Å². The monoisotopic (exact) mass is 412 g/mol. The molecule has 0 aliphatic heterocycles. The van der Waals surface area contributed by atoms with Crippen LogP contribution in [0, 0.1) is 0 Å². The molecule has 0 aromatic heterocycles. The summed E-state index contributed by atoms with van der Waals surface area (Å²) in [6, 6.07) is 0. The van der Waals surface area contributed by atoms with Crippen LogP contribution in [0.4, 0.5) is 0 Å². The van der Waals surface area contributed by atoms with Gasteiger partial charge in [-0.25, -0.2) is 0 Å². The molecule has 0 amide bonds. The maximum absolute atomic E-state index is 11.4. The molecule has 0 fully saturated rings. The second-order valence-corrected chi connectivity index (χ2v) is 8.01. The van der Waals surface area contributed by atoms with Gasteiger partial charge in [0.25, 0.3) is 10.1 Å². The van der Waals surface area contributed by atoms with Gasteiger partial charge in [0.1, 0.15) is 0 Å². The van der Waals surface area contributed by atoms with Crippen molar-refractivity contribution in [2.45, 2.75) is 88.7 Å². The first-order chi connectivity index (χ1) is 11.2. The van der Waals surface area contributed by atoms with Gasteiger partial charge >= 0.3 is 11.9 Å². The van der Waals surface area contributed by atoms with Crippen LogP contribution in [0.1, 0.15) is 84.0 Å². The first-order valence-corrected chi connectivity index (χ1v) is 10.0. The zero-order valence-corrected chi connectivity index (χ0v) is 21.2. The Morgan fingerprint density at radius 3 is 1.50 bits per heavy atom. The number of unbranched alkanes of at least 4 members (excludes halogenated alkanes) is 9. The van der Waals surface area contributed by atoms with Crippen molar-refractivity contribution in [2.75, 3.05) is 0 Å². The minimum Gasteiger partial charge on any atom is -0.481 e. The Kier molecular flexibility index (Phi) is 20.3. The molecule has 0 aromatic rings. The molecule has 7 nitrogen and oxygen atoms in total. The minimum atomic E-state index is -5.01. The van der Waals surface area contributed by atoms with Crippen LogP contribution in [-0.4, -0.2) is 99.0 Å². The summed E-state index contributed by atoms with van der Waals surface area (Å²) in [5.74, 6) is -3.38. The molecule has 0 bridgehead atoms. The molecule has 144 valence electrons. The molecule has 0 aromatic carbocycles. The normalized spacial score (nSPS) is 13.2. The van der Waals surface area contributed by atoms with Crippen molar-refractivity contribution in [3.8, 4) is 0 Å². The third-order valence-electron chi connectivity index (χ3n) is 4.25. The summed E-state index contributed by atoms with van der Waals surface area (Å²) < 4.78 is 29.4. The summed E-state index contributed by atoms with van der Waals surface area (Å²) >= 11 is 0. The smallest absolute Gasteiger partial charge is 0.328 e. The zero-order chi connectivity index (χ0) is 18.6. The van der Waals surface area contributed by atoms with Crippen molar-refractivity contribution in [3.63, 3.8) is 0 Å². The van der Waals surface area contributed by atoms with Gasteiger partial charge in [0.2, 0.25) is 4.75 Å². The Bertz CT molecular complexity index is 497. The molecule has 0 rings (SSSR count). The Balaban J connectivity index is -0.00000264. The van der Waals surface area contributed by atoms with E-state index in [2.05, 4.69) is 6.92 Å². The summed E-state index contributed by atoms with van der Waals surface area (Å²) in [5.41, 5.74) is 0. The summed E-state index contributed by atoms with van der Waals surface area (Å²) in [4.78, 5) is 22.1. The average Bonchev–Trinajstić information content (AvgIpc) is 2.46. The molecule has 26 heavy (non-hydrogen) atoms. The van der Waals surface area contributed by atoms with E-state index < -0.39 is 39.6 Å². The minimum absolute atomic E-state index is 0. The van der Waals surface area contributed by atoms with E-state index in [1.807, 2.05) is 0 Å². The third-order valence-corrected chi connectivity index (χ3v) is 5.77. The van der Waals surface area contributed by atoms with Crippen molar-refractivity contribution in [2.24, 2.45) is 0 Å². The van der Waals surface area contributed by atoms with Gasteiger partial charge in [-0.3, -0.25) is 14.1 Å². The number of rotatable bonds is 15. The standard InChI is InChI=1S/C16H30O7S.2Na/c1-2-3-4-5-6-7-8-9-10-11-12-16(15(19)20,13-14(17)18)24(21,22)23;;/h2-13H2,1H3,(H,17,18)(H,19,20)(H,21,22,23);;. The number of aliphatic carboxylic acids is 2. The van der Waals surface area contributed by atoms with Crippen LogP contribution in [0.25, 0.3) is 0 Å². The Morgan fingerprint density at radius 2 is 1.19 bits per heavy atom. The van der Waals surface area contributed by atoms with Crippen LogP contribution in [0.3, 0.4) is 0 Å². The summed E-state index contributed by atoms with van der Waals surface area (Å²) in [6.07, 6.45) is 8.27. The topological polar surface area (TPSA) is 129 Å². The second-order valence-electron chi connectivity index (χ2n) is 6.28. The Hall–Kier alpha value is 0.850. The number of carboxylic acids is 2. The van der Waals surface area contributed by atoms with Gasteiger partial charge in [-0.2, -0.15) is 8.42 Å². The molecule has 0 saturated carbocycles. The molecule has 1 atom stereocenters. The Labute approximate surface area is 201 Å². The van der Waals surface area contributed by atoms with E-state index in [0.29, 0.717) is 6.42 Å². The van der Waals surface area contributed by atoms with Gasteiger partial charge in [0.05, 0.1) is 6.42 Å². The molecule has 2 radical (unpaired) electrons. The van der Waals surface area contributed by atoms with Gasteiger partial charge in [-0.1, -0.05) is 71.1 Å². The van der Waals surface area contributed by atoms with Crippen molar-refractivity contribution >= 4 is 81.2 Å². The van der Waals surface area contributed by atoms with Crippen molar-refractivity contribution < 1.29 is 32.8 Å². The molecule has 0 spiro atoms. The predicted octanol–water partition coefficient (Wildman–Crippen LogP) is 2.72. The molecule has 0 saturated heterocycles. The van der Waals surface area contributed by atoms with E-state index in [4.69, 9.17) is 10.2 Å². The molecule has 0 aliphatic carbocycles. The maximum atomic E-state index is 11.4. The fourth-order valence-electron chi connectivity index (χ4n) is 2.74. The van der Waals surface area contributed by atoms with Crippen LogP contribution in [0.5, 0.6) is 0 Å². The summed E-state index contributed by atoms with van der Waals surface area (Å²) in [6.45, 7) is 2.16. The van der Waals surface area contributed by atoms with E-state index in [1.54, 1.807) is 0 Å². The summed E-state index contributed by atoms with van der Waals surface area (Å²) in [5, 5.41) is 17.9. The number of carboxylic acid groups (broad SMARTS) is 2.